The molecule has 0 bridgehead atoms. The molecule has 0 aliphatic rings. The van der Waals surface area contributed by atoms with Gasteiger partial charge in [0, 0.05) is 20.6 Å². The van der Waals surface area contributed by atoms with E-state index in [1.54, 1.807) is 18.2 Å². The molecule has 22 heavy (non-hydrogen) atoms. The monoisotopic (exact) mass is 357 g/mol. The molecule has 116 valence electrons. The summed E-state index contributed by atoms with van der Waals surface area (Å²) in [6.45, 7) is 0.317. The van der Waals surface area contributed by atoms with Crippen molar-refractivity contribution in [2.75, 3.05) is 11.9 Å². The van der Waals surface area contributed by atoms with Crippen LogP contribution < -0.4 is 16.0 Å². The summed E-state index contributed by atoms with van der Waals surface area (Å²) < 4.78 is 0. The number of halogens is 2. The first-order chi connectivity index (χ1) is 10.5. The van der Waals surface area contributed by atoms with Gasteiger partial charge in [0.05, 0.1) is 13.1 Å². The van der Waals surface area contributed by atoms with Gasteiger partial charge in [-0.25, -0.2) is 4.79 Å². The number of carbonyl (C=O) groups excluding carboxylic acids is 2. The van der Waals surface area contributed by atoms with Crippen molar-refractivity contribution in [2.45, 2.75) is 6.54 Å². The molecule has 1 aromatic heterocycles. The Morgan fingerprint density at radius 1 is 1.14 bits per heavy atom. The zero-order valence-electron chi connectivity index (χ0n) is 11.4. The van der Waals surface area contributed by atoms with Gasteiger partial charge in [0.1, 0.15) is 0 Å². The van der Waals surface area contributed by atoms with Crippen LogP contribution in [0.15, 0.2) is 35.7 Å². The highest BCUT2D eigenvalue weighted by Gasteiger charge is 2.08. The number of hydrogen-bond acceptors (Lipinski definition) is 4. The molecule has 0 atom stereocenters. The van der Waals surface area contributed by atoms with E-state index in [1.807, 2.05) is 17.5 Å². The summed E-state index contributed by atoms with van der Waals surface area (Å²) in [5.74, 6) is -0.459. The van der Waals surface area contributed by atoms with E-state index in [2.05, 4.69) is 16.0 Å². The fourth-order valence-electron chi connectivity index (χ4n) is 1.63. The molecule has 0 saturated carbocycles. The third kappa shape index (κ3) is 5.55. The molecule has 0 fully saturated rings. The number of anilines is 1. The largest absolute Gasteiger partial charge is 0.376 e. The molecule has 0 aliphatic carbocycles. The van der Waals surface area contributed by atoms with Crippen LogP contribution in [0.25, 0.3) is 0 Å². The Kier molecular flexibility index (Phi) is 6.06. The van der Waals surface area contributed by atoms with Gasteiger partial charge in [-0.3, -0.25) is 10.1 Å². The van der Waals surface area contributed by atoms with Gasteiger partial charge in [-0.15, -0.1) is 11.3 Å². The molecular weight excluding hydrogens is 345 g/mol. The third-order valence-corrected chi connectivity index (χ3v) is 3.88. The highest BCUT2D eigenvalue weighted by atomic mass is 35.5. The van der Waals surface area contributed by atoms with E-state index in [4.69, 9.17) is 23.2 Å². The van der Waals surface area contributed by atoms with Gasteiger partial charge >= 0.3 is 6.03 Å². The van der Waals surface area contributed by atoms with Gasteiger partial charge in [-0.1, -0.05) is 29.3 Å². The summed E-state index contributed by atoms with van der Waals surface area (Å²) in [6.07, 6.45) is 0. The van der Waals surface area contributed by atoms with E-state index >= 15 is 0 Å². The van der Waals surface area contributed by atoms with Crippen LogP contribution in [0.4, 0.5) is 10.5 Å². The van der Waals surface area contributed by atoms with Crippen LogP contribution in [-0.4, -0.2) is 18.5 Å². The van der Waals surface area contributed by atoms with Crippen molar-refractivity contribution in [3.8, 4) is 0 Å². The summed E-state index contributed by atoms with van der Waals surface area (Å²) in [6, 6.07) is 8.12. The van der Waals surface area contributed by atoms with Crippen molar-refractivity contribution in [3.05, 3.63) is 50.6 Å². The Balaban J connectivity index is 1.74. The Morgan fingerprint density at radius 2 is 1.86 bits per heavy atom. The number of carbonyl (C=O) groups is 2. The molecule has 2 aromatic rings. The minimum Gasteiger partial charge on any atom is -0.376 e. The van der Waals surface area contributed by atoms with Crippen LogP contribution >= 0.6 is 34.5 Å². The maximum absolute atomic E-state index is 11.7. The van der Waals surface area contributed by atoms with Gasteiger partial charge in [-0.05, 0) is 29.6 Å². The molecule has 2 rings (SSSR count). The normalized spacial score (nSPS) is 10.1. The fraction of sp³-hybridized carbons (Fsp3) is 0.143. The van der Waals surface area contributed by atoms with E-state index < -0.39 is 11.9 Å². The summed E-state index contributed by atoms with van der Waals surface area (Å²) >= 11 is 13.2. The molecule has 0 spiro atoms. The SMILES string of the molecule is O=C(CNc1cc(Cl)cc(Cl)c1)NC(=O)NCc1cccs1. The third-order valence-electron chi connectivity index (χ3n) is 2.57. The van der Waals surface area contributed by atoms with Gasteiger partial charge in [0.2, 0.25) is 5.91 Å². The standard InChI is InChI=1S/C14H13Cl2N3O2S/c15-9-4-10(16)6-11(5-9)17-8-13(20)19-14(21)18-7-12-2-1-3-22-12/h1-6,17H,7-8H2,(H2,18,19,20,21). The first-order valence-electron chi connectivity index (χ1n) is 6.33. The van der Waals surface area contributed by atoms with Crippen molar-refractivity contribution in [3.63, 3.8) is 0 Å². The van der Waals surface area contributed by atoms with Gasteiger partial charge in [-0.2, -0.15) is 0 Å². The topological polar surface area (TPSA) is 70.2 Å². The highest BCUT2D eigenvalue weighted by Crippen LogP contribution is 2.22. The number of urea groups is 1. The predicted octanol–water partition coefficient (Wildman–Crippen LogP) is 3.49. The van der Waals surface area contributed by atoms with E-state index in [1.165, 1.54) is 11.3 Å². The molecule has 1 aromatic carbocycles. The molecule has 0 saturated heterocycles. The van der Waals surface area contributed by atoms with E-state index in [-0.39, 0.29) is 6.54 Å². The van der Waals surface area contributed by atoms with Gasteiger partial charge in [0.15, 0.2) is 0 Å². The minimum atomic E-state index is -0.538. The molecule has 0 radical (unpaired) electrons. The van der Waals surface area contributed by atoms with Crippen molar-refractivity contribution in [1.29, 1.82) is 0 Å². The zero-order chi connectivity index (χ0) is 15.9. The summed E-state index contributed by atoms with van der Waals surface area (Å²) in [4.78, 5) is 24.2. The van der Waals surface area contributed by atoms with Gasteiger partial charge in [0.25, 0.3) is 0 Å². The minimum absolute atomic E-state index is 0.0664. The lowest BCUT2D eigenvalue weighted by atomic mass is 10.3. The molecule has 8 heteroatoms. The van der Waals surface area contributed by atoms with Gasteiger partial charge < -0.3 is 10.6 Å². The number of benzene rings is 1. The molecule has 0 aliphatic heterocycles. The maximum atomic E-state index is 11.7. The number of amides is 3. The first kappa shape index (κ1) is 16.6. The molecule has 5 nitrogen and oxygen atoms in total. The Hall–Kier alpha value is -1.76. The van der Waals surface area contributed by atoms with Crippen LogP contribution in [0.1, 0.15) is 4.88 Å². The second kappa shape index (κ2) is 8.03. The van der Waals surface area contributed by atoms with Crippen molar-refractivity contribution in [1.82, 2.24) is 10.6 Å². The number of hydrogen-bond donors (Lipinski definition) is 3. The van der Waals surface area contributed by atoms with Crippen LogP contribution in [0.5, 0.6) is 0 Å². The Bertz CT molecular complexity index is 642. The summed E-state index contributed by atoms with van der Waals surface area (Å²) in [5.41, 5.74) is 0.603. The number of nitrogens with one attached hydrogen (secondary N) is 3. The predicted molar refractivity (Wildman–Crippen MR) is 89.6 cm³/mol. The summed E-state index contributed by atoms with van der Waals surface area (Å²) in [7, 11) is 0. The van der Waals surface area contributed by atoms with Crippen molar-refractivity contribution in [2.24, 2.45) is 0 Å². The Labute approximate surface area is 141 Å². The molecular formula is C14H13Cl2N3O2S. The van der Waals surface area contributed by atoms with Crippen LogP contribution in [-0.2, 0) is 11.3 Å². The quantitative estimate of drug-likeness (QED) is 0.766. The summed E-state index contributed by atoms with van der Waals surface area (Å²) in [5, 5.41) is 10.5. The molecule has 1 heterocycles. The van der Waals surface area contributed by atoms with Crippen molar-refractivity contribution >= 4 is 52.2 Å². The molecule has 0 unspecified atom stereocenters. The van der Waals surface area contributed by atoms with E-state index in [0.29, 0.717) is 22.3 Å². The van der Waals surface area contributed by atoms with E-state index in [0.717, 1.165) is 4.88 Å². The zero-order valence-corrected chi connectivity index (χ0v) is 13.7. The second-order valence-electron chi connectivity index (χ2n) is 4.32. The average molecular weight is 358 g/mol. The number of rotatable bonds is 5. The maximum Gasteiger partial charge on any atom is 0.321 e. The number of thiophene rings is 1. The lowest BCUT2D eigenvalue weighted by molar-refractivity contribution is -0.118. The smallest absolute Gasteiger partial charge is 0.321 e. The average Bonchev–Trinajstić information content (AvgIpc) is 2.95. The lowest BCUT2D eigenvalue weighted by Crippen LogP contribution is -2.41. The first-order valence-corrected chi connectivity index (χ1v) is 7.96. The highest BCUT2D eigenvalue weighted by molar-refractivity contribution is 7.09. The molecule has 3 N–H and O–H groups in total. The lowest BCUT2D eigenvalue weighted by Gasteiger charge is -2.08. The van der Waals surface area contributed by atoms with Crippen LogP contribution in [0, 0.1) is 0 Å². The fourth-order valence-corrected chi connectivity index (χ4v) is 2.80. The van der Waals surface area contributed by atoms with Crippen LogP contribution in [0.3, 0.4) is 0 Å². The molecule has 3 amide bonds. The second-order valence-corrected chi connectivity index (χ2v) is 6.23. The Morgan fingerprint density at radius 3 is 2.50 bits per heavy atom. The van der Waals surface area contributed by atoms with Crippen LogP contribution in [0.2, 0.25) is 10.0 Å². The van der Waals surface area contributed by atoms with Crippen molar-refractivity contribution < 1.29 is 9.59 Å². The number of imide groups is 1. The van der Waals surface area contributed by atoms with E-state index in [9.17, 15) is 9.59 Å².